The molecule has 2 nitrogen and oxygen atoms in total. The van der Waals surface area contributed by atoms with Gasteiger partial charge in [-0.05, 0) is 81.9 Å². The summed E-state index contributed by atoms with van der Waals surface area (Å²) in [6.45, 7) is 0. The first-order valence-electron chi connectivity index (χ1n) is 17.7. The van der Waals surface area contributed by atoms with Crippen LogP contribution in [0, 0.1) is 0 Å². The Labute approximate surface area is 296 Å². The van der Waals surface area contributed by atoms with Gasteiger partial charge >= 0.3 is 0 Å². The fourth-order valence-electron chi connectivity index (χ4n) is 9.14. The predicted molar refractivity (Wildman–Crippen MR) is 212 cm³/mol. The van der Waals surface area contributed by atoms with Crippen molar-refractivity contribution in [2.75, 3.05) is 0 Å². The second kappa shape index (κ2) is 10.7. The predicted octanol–water partition coefficient (Wildman–Crippen LogP) is 12.2. The lowest BCUT2D eigenvalue weighted by Gasteiger charge is -2.34. The van der Waals surface area contributed by atoms with E-state index in [1.807, 2.05) is 0 Å². The molecular formula is C49H32N2. The molecule has 0 fully saturated rings. The second-order valence-electron chi connectivity index (χ2n) is 13.7. The lowest BCUT2D eigenvalue weighted by Crippen LogP contribution is -2.28. The molecule has 0 bridgehead atoms. The number of hydrogen-bond donors (Lipinski definition) is 0. The van der Waals surface area contributed by atoms with Gasteiger partial charge in [0.2, 0.25) is 0 Å². The minimum atomic E-state index is -0.550. The quantitative estimate of drug-likeness (QED) is 0.180. The van der Waals surface area contributed by atoms with Crippen molar-refractivity contribution in [3.8, 4) is 22.5 Å². The van der Waals surface area contributed by atoms with Gasteiger partial charge in [0.15, 0.2) is 0 Å². The maximum Gasteiger partial charge on any atom is 0.0715 e. The van der Waals surface area contributed by atoms with Gasteiger partial charge in [-0.25, -0.2) is 0 Å². The van der Waals surface area contributed by atoms with E-state index >= 15 is 0 Å². The normalized spacial score (nSPS) is 13.3. The molecule has 0 saturated heterocycles. The summed E-state index contributed by atoms with van der Waals surface area (Å²) in [5, 5.41) is 5.04. The lowest BCUT2D eigenvalue weighted by molar-refractivity contribution is 0.770. The highest BCUT2D eigenvalue weighted by Gasteiger charge is 2.46. The Morgan fingerprint density at radius 3 is 1.14 bits per heavy atom. The van der Waals surface area contributed by atoms with Gasteiger partial charge in [-0.15, -0.1) is 0 Å². The third-order valence-corrected chi connectivity index (χ3v) is 11.2. The third-order valence-electron chi connectivity index (χ3n) is 11.2. The van der Waals surface area contributed by atoms with Gasteiger partial charge in [0.05, 0.1) is 27.5 Å². The Hall–Kier alpha value is -6.64. The molecule has 0 saturated carbocycles. The molecule has 0 N–H and O–H groups in total. The number of rotatable bonds is 4. The molecule has 0 atom stereocenters. The van der Waals surface area contributed by atoms with Crippen LogP contribution in [0.5, 0.6) is 0 Å². The van der Waals surface area contributed by atoms with E-state index in [0.717, 1.165) is 11.4 Å². The van der Waals surface area contributed by atoms with Gasteiger partial charge < -0.3 is 9.13 Å². The molecule has 8 aromatic carbocycles. The summed E-state index contributed by atoms with van der Waals surface area (Å²) < 4.78 is 4.87. The molecule has 0 spiro atoms. The van der Waals surface area contributed by atoms with Crippen LogP contribution in [0.2, 0.25) is 0 Å². The zero-order chi connectivity index (χ0) is 33.5. The molecule has 1 aliphatic carbocycles. The van der Waals surface area contributed by atoms with E-state index in [-0.39, 0.29) is 0 Å². The summed E-state index contributed by atoms with van der Waals surface area (Å²) in [5.74, 6) is 0. The topological polar surface area (TPSA) is 9.86 Å². The van der Waals surface area contributed by atoms with Crippen LogP contribution in [0.4, 0.5) is 0 Å². The van der Waals surface area contributed by atoms with Crippen LogP contribution >= 0.6 is 0 Å². The zero-order valence-electron chi connectivity index (χ0n) is 27.9. The van der Waals surface area contributed by atoms with Gasteiger partial charge in [0.25, 0.3) is 0 Å². The summed E-state index contributed by atoms with van der Waals surface area (Å²) >= 11 is 0. The van der Waals surface area contributed by atoms with Crippen molar-refractivity contribution in [2.45, 2.75) is 5.41 Å². The Morgan fingerprint density at radius 2 is 0.667 bits per heavy atom. The summed E-state index contributed by atoms with van der Waals surface area (Å²) in [6, 6.07) is 71.7. The van der Waals surface area contributed by atoms with Crippen LogP contribution in [0.25, 0.3) is 66.1 Å². The monoisotopic (exact) mass is 648 g/mol. The lowest BCUT2D eigenvalue weighted by atomic mass is 9.67. The fourth-order valence-corrected chi connectivity index (χ4v) is 9.14. The number of hydrogen-bond acceptors (Lipinski definition) is 0. The van der Waals surface area contributed by atoms with Crippen molar-refractivity contribution in [1.82, 2.24) is 9.13 Å². The molecule has 2 heteroatoms. The molecule has 1 aliphatic rings. The van der Waals surface area contributed by atoms with E-state index in [0.29, 0.717) is 0 Å². The third kappa shape index (κ3) is 3.82. The van der Waals surface area contributed by atoms with Crippen LogP contribution in [0.15, 0.2) is 194 Å². The largest absolute Gasteiger partial charge is 0.309 e. The molecule has 11 rings (SSSR count). The van der Waals surface area contributed by atoms with Crippen molar-refractivity contribution in [3.63, 3.8) is 0 Å². The van der Waals surface area contributed by atoms with Crippen LogP contribution in [-0.4, -0.2) is 9.13 Å². The summed E-state index contributed by atoms with van der Waals surface area (Å²) in [7, 11) is 0. The highest BCUT2D eigenvalue weighted by Crippen LogP contribution is 2.57. The fraction of sp³-hybridized carbons (Fsp3) is 0.0204. The molecular weight excluding hydrogens is 617 g/mol. The van der Waals surface area contributed by atoms with Crippen LogP contribution in [0.1, 0.15) is 22.3 Å². The molecule has 2 aromatic heterocycles. The second-order valence-corrected chi connectivity index (χ2v) is 13.7. The van der Waals surface area contributed by atoms with E-state index in [1.165, 1.54) is 77.0 Å². The van der Waals surface area contributed by atoms with Crippen molar-refractivity contribution >= 4 is 43.6 Å². The van der Waals surface area contributed by atoms with E-state index in [4.69, 9.17) is 0 Å². The van der Waals surface area contributed by atoms with Crippen LogP contribution in [-0.2, 0) is 5.41 Å². The Bertz CT molecular complexity index is 2760. The summed E-state index contributed by atoms with van der Waals surface area (Å²) in [4.78, 5) is 0. The van der Waals surface area contributed by atoms with E-state index < -0.39 is 5.41 Å². The van der Waals surface area contributed by atoms with E-state index in [1.54, 1.807) is 0 Å². The van der Waals surface area contributed by atoms with Gasteiger partial charge in [0.1, 0.15) is 0 Å². The molecule has 10 aromatic rings. The summed E-state index contributed by atoms with van der Waals surface area (Å²) in [5.41, 5.74) is 14.4. The minimum absolute atomic E-state index is 0.550. The number of para-hydroxylation sites is 4. The average Bonchev–Trinajstić information content (AvgIpc) is 3.82. The van der Waals surface area contributed by atoms with E-state index in [2.05, 4.69) is 203 Å². The number of aromatic nitrogens is 2. The zero-order valence-corrected chi connectivity index (χ0v) is 27.9. The number of fused-ring (bicyclic) bond motifs is 9. The van der Waals surface area contributed by atoms with E-state index in [9.17, 15) is 0 Å². The first-order valence-corrected chi connectivity index (χ1v) is 17.7. The van der Waals surface area contributed by atoms with Crippen molar-refractivity contribution in [3.05, 3.63) is 216 Å². The van der Waals surface area contributed by atoms with Gasteiger partial charge in [-0.3, -0.25) is 0 Å². The molecule has 0 amide bonds. The molecule has 0 radical (unpaired) electrons. The number of nitrogens with zero attached hydrogens (tertiary/aromatic N) is 2. The Morgan fingerprint density at radius 1 is 0.294 bits per heavy atom. The molecule has 51 heavy (non-hydrogen) atoms. The molecule has 2 heterocycles. The first-order chi connectivity index (χ1) is 25.3. The maximum atomic E-state index is 2.47. The van der Waals surface area contributed by atoms with Crippen molar-refractivity contribution in [2.24, 2.45) is 0 Å². The maximum absolute atomic E-state index is 2.47. The standard InChI is InChI=1S/C49H32N2/c1-3-15-35(16-4-1)50-45-25-13-9-21-39(45)41-29-27-33(31-47(41)50)49(43-23-11-7-19-37(43)38-20-8-12-24-44(38)49)34-28-30-42-40-22-10-14-26-46(40)51(48(42)32-34)36-17-5-2-6-18-36/h1-32H. The average molecular weight is 649 g/mol. The Kier molecular flexibility index (Phi) is 5.91. The van der Waals surface area contributed by atoms with Gasteiger partial charge in [-0.2, -0.15) is 0 Å². The van der Waals surface area contributed by atoms with Crippen molar-refractivity contribution < 1.29 is 0 Å². The minimum Gasteiger partial charge on any atom is -0.309 e. The first kappa shape index (κ1) is 28.2. The highest BCUT2D eigenvalue weighted by atomic mass is 15.0. The van der Waals surface area contributed by atoms with Crippen LogP contribution in [0.3, 0.4) is 0 Å². The smallest absolute Gasteiger partial charge is 0.0715 e. The molecule has 0 unspecified atom stereocenters. The molecule has 238 valence electrons. The molecule has 0 aliphatic heterocycles. The summed E-state index contributed by atoms with van der Waals surface area (Å²) in [6.07, 6.45) is 0. The Balaban J connectivity index is 1.29. The van der Waals surface area contributed by atoms with Crippen LogP contribution < -0.4 is 0 Å². The number of benzene rings is 8. The van der Waals surface area contributed by atoms with Crippen molar-refractivity contribution in [1.29, 1.82) is 0 Å². The van der Waals surface area contributed by atoms with Gasteiger partial charge in [0, 0.05) is 32.9 Å². The highest BCUT2D eigenvalue weighted by molar-refractivity contribution is 6.11. The SMILES string of the molecule is c1ccc(-n2c3ccccc3c3ccc(C4(c5ccc6c7ccccc7n(-c7ccccc7)c6c5)c5ccccc5-c5ccccc54)cc32)cc1. The van der Waals surface area contributed by atoms with Gasteiger partial charge in [-0.1, -0.05) is 146 Å².